The second-order valence-electron chi connectivity index (χ2n) is 8.39. The van der Waals surface area contributed by atoms with E-state index in [-0.39, 0.29) is 38.9 Å². The zero-order valence-electron chi connectivity index (χ0n) is 19.3. The van der Waals surface area contributed by atoms with E-state index in [4.69, 9.17) is 27.9 Å². The van der Waals surface area contributed by atoms with Gasteiger partial charge in [0.15, 0.2) is 6.19 Å². The molecule has 1 amide bonds. The highest BCUT2D eigenvalue weighted by Gasteiger charge is 2.23. The lowest BCUT2D eigenvalue weighted by atomic mass is 10.1. The summed E-state index contributed by atoms with van der Waals surface area (Å²) in [6, 6.07) is 6.08. The average Bonchev–Trinajstić information content (AvgIpc) is 2.87. The van der Waals surface area contributed by atoms with Crippen LogP contribution in [-0.4, -0.2) is 70.9 Å². The fourth-order valence-corrected chi connectivity index (χ4v) is 4.20. The monoisotopic (exact) mass is 551 g/mol. The molecule has 0 spiro atoms. The fraction of sp³-hybridized carbons (Fsp3) is 0.292. The number of nitrogens with zero attached hydrogens (tertiary/aromatic N) is 4. The summed E-state index contributed by atoms with van der Waals surface area (Å²) in [6.07, 6.45) is 2.08. The van der Waals surface area contributed by atoms with Crippen LogP contribution in [0.1, 0.15) is 10.4 Å². The third kappa shape index (κ3) is 6.18. The van der Waals surface area contributed by atoms with Crippen LogP contribution in [0.4, 0.5) is 8.78 Å². The zero-order valence-corrected chi connectivity index (χ0v) is 20.8. The van der Waals surface area contributed by atoms with E-state index in [2.05, 4.69) is 5.43 Å². The molecular formula is C24H21Cl2F2N5O4. The van der Waals surface area contributed by atoms with Gasteiger partial charge in [-0.25, -0.2) is 13.8 Å². The number of aliphatic hydroxyl groups excluding tert-OH is 1. The third-order valence-corrected chi connectivity index (χ3v) is 6.43. The molecule has 37 heavy (non-hydrogen) atoms. The van der Waals surface area contributed by atoms with Crippen LogP contribution >= 0.6 is 23.2 Å². The number of β-amino-alcohol motifs (C(OH)–C–C–N with tert-alkyl or cyclic N) is 1. The van der Waals surface area contributed by atoms with Gasteiger partial charge >= 0.3 is 0 Å². The van der Waals surface area contributed by atoms with Crippen molar-refractivity contribution in [3.8, 4) is 11.9 Å². The Labute approximate surface area is 219 Å². The van der Waals surface area contributed by atoms with E-state index in [1.165, 1.54) is 12.1 Å². The number of fused-ring (bicyclic) bond motifs is 1. The minimum absolute atomic E-state index is 0.0204. The van der Waals surface area contributed by atoms with Crippen LogP contribution < -0.4 is 15.6 Å². The van der Waals surface area contributed by atoms with E-state index in [0.29, 0.717) is 32.7 Å². The summed E-state index contributed by atoms with van der Waals surface area (Å²) in [4.78, 5) is 27.6. The van der Waals surface area contributed by atoms with E-state index in [1.807, 2.05) is 11.1 Å². The number of benzene rings is 2. The predicted octanol–water partition coefficient (Wildman–Crippen LogP) is 2.62. The lowest BCUT2D eigenvalue weighted by Crippen LogP contribution is -2.55. The molecule has 4 rings (SSSR count). The zero-order chi connectivity index (χ0) is 26.7. The van der Waals surface area contributed by atoms with Crippen LogP contribution in [0.3, 0.4) is 0 Å². The Bertz CT molecular complexity index is 1440. The van der Waals surface area contributed by atoms with Gasteiger partial charge in [-0.2, -0.15) is 5.26 Å². The number of aromatic nitrogens is 1. The second kappa shape index (κ2) is 11.4. The number of aliphatic hydroxyl groups is 1. The minimum atomic E-state index is -0.837. The highest BCUT2D eigenvalue weighted by molar-refractivity contribution is 6.31. The van der Waals surface area contributed by atoms with E-state index >= 15 is 0 Å². The normalized spacial score (nSPS) is 15.4. The van der Waals surface area contributed by atoms with Gasteiger partial charge in [-0.1, -0.05) is 23.2 Å². The van der Waals surface area contributed by atoms with Crippen LogP contribution in [-0.2, 0) is 0 Å². The van der Waals surface area contributed by atoms with Crippen molar-refractivity contribution in [2.24, 2.45) is 0 Å². The number of rotatable bonds is 7. The van der Waals surface area contributed by atoms with Gasteiger partial charge in [0.25, 0.3) is 5.91 Å². The molecule has 194 valence electrons. The summed E-state index contributed by atoms with van der Waals surface area (Å²) < 4.78 is 33.8. The summed E-state index contributed by atoms with van der Waals surface area (Å²) in [6.45, 7) is 2.03. The van der Waals surface area contributed by atoms with Crippen molar-refractivity contribution < 1.29 is 23.4 Å². The minimum Gasteiger partial charge on any atom is -0.491 e. The molecule has 1 aliphatic rings. The van der Waals surface area contributed by atoms with Gasteiger partial charge in [0.2, 0.25) is 5.43 Å². The number of pyridine rings is 1. The highest BCUT2D eigenvalue weighted by Crippen LogP contribution is 2.22. The van der Waals surface area contributed by atoms with Crippen LogP contribution in [0.2, 0.25) is 10.0 Å². The molecule has 9 nitrogen and oxygen atoms in total. The van der Waals surface area contributed by atoms with Crippen molar-refractivity contribution in [3.63, 3.8) is 0 Å². The molecule has 0 bridgehead atoms. The molecule has 2 aromatic carbocycles. The Kier molecular flexibility index (Phi) is 8.26. The number of ether oxygens (including phenoxy) is 1. The summed E-state index contributed by atoms with van der Waals surface area (Å²) in [5.41, 5.74) is 1.69. The summed E-state index contributed by atoms with van der Waals surface area (Å²) in [7, 11) is 0. The largest absolute Gasteiger partial charge is 0.491 e. The van der Waals surface area contributed by atoms with E-state index in [1.54, 1.807) is 5.01 Å². The predicted molar refractivity (Wildman–Crippen MR) is 133 cm³/mol. The molecule has 0 aliphatic carbocycles. The summed E-state index contributed by atoms with van der Waals surface area (Å²) >= 11 is 11.4. The number of hydrazine groups is 1. The maximum absolute atomic E-state index is 13.9. The number of nitrogens with one attached hydrogen (secondary N) is 1. The number of amides is 1. The maximum Gasteiger partial charge on any atom is 0.271 e. The molecule has 1 aliphatic heterocycles. The van der Waals surface area contributed by atoms with Crippen molar-refractivity contribution in [3.05, 3.63) is 74.0 Å². The van der Waals surface area contributed by atoms with Crippen molar-refractivity contribution in [2.75, 3.05) is 39.3 Å². The molecule has 2 heterocycles. The number of halogens is 4. The summed E-state index contributed by atoms with van der Waals surface area (Å²) in [5, 5.41) is 20.9. The first-order valence-corrected chi connectivity index (χ1v) is 11.9. The quantitative estimate of drug-likeness (QED) is 0.464. The van der Waals surface area contributed by atoms with Crippen LogP contribution in [0.5, 0.6) is 5.75 Å². The number of carbonyl (C=O) groups is 1. The Morgan fingerprint density at radius 2 is 1.84 bits per heavy atom. The second-order valence-corrected chi connectivity index (χ2v) is 9.21. The topological polar surface area (TPSA) is 111 Å². The molecule has 1 unspecified atom stereocenters. The first kappa shape index (κ1) is 26.8. The highest BCUT2D eigenvalue weighted by atomic mass is 35.5. The number of nitriles is 1. The molecule has 1 aromatic heterocycles. The Balaban J connectivity index is 1.32. The lowest BCUT2D eigenvalue weighted by Gasteiger charge is -2.35. The van der Waals surface area contributed by atoms with Gasteiger partial charge in [0.1, 0.15) is 35.7 Å². The fourth-order valence-electron chi connectivity index (χ4n) is 3.92. The lowest BCUT2D eigenvalue weighted by molar-refractivity contribution is 0.0316. The van der Waals surface area contributed by atoms with Gasteiger partial charge < -0.3 is 9.84 Å². The van der Waals surface area contributed by atoms with Crippen molar-refractivity contribution in [1.29, 1.82) is 5.26 Å². The number of piperazine rings is 1. The van der Waals surface area contributed by atoms with Gasteiger partial charge in [-0.15, -0.1) is 0 Å². The van der Waals surface area contributed by atoms with E-state index in [9.17, 15) is 28.7 Å². The smallest absolute Gasteiger partial charge is 0.271 e. The van der Waals surface area contributed by atoms with Crippen molar-refractivity contribution >= 4 is 40.0 Å². The third-order valence-electron chi connectivity index (χ3n) is 5.83. The molecule has 3 aromatic rings. The molecular weight excluding hydrogens is 531 g/mol. The molecule has 1 saturated heterocycles. The number of hydrogen-bond donors (Lipinski definition) is 2. The summed E-state index contributed by atoms with van der Waals surface area (Å²) in [5.74, 6) is -1.93. The first-order chi connectivity index (χ1) is 17.7. The first-order valence-electron chi connectivity index (χ1n) is 11.1. The van der Waals surface area contributed by atoms with Crippen LogP contribution in [0.15, 0.2) is 41.3 Å². The average molecular weight is 552 g/mol. The maximum atomic E-state index is 13.9. The number of carbonyl (C=O) groups excluding carboxylic acids is 1. The van der Waals surface area contributed by atoms with E-state index in [0.717, 1.165) is 29.0 Å². The van der Waals surface area contributed by atoms with E-state index < -0.39 is 29.1 Å². The molecule has 0 radical (unpaired) electrons. The number of hydrogen-bond acceptors (Lipinski definition) is 7. The van der Waals surface area contributed by atoms with Crippen molar-refractivity contribution in [2.45, 2.75) is 6.10 Å². The van der Waals surface area contributed by atoms with Gasteiger partial charge in [0.05, 0.1) is 20.9 Å². The Hall–Kier alpha value is -3.27. The van der Waals surface area contributed by atoms with Crippen molar-refractivity contribution in [1.82, 2.24) is 19.9 Å². The SMILES string of the molecule is N#Cn1cc(C(=O)NN2CCN(CC(O)COc3ccc(Cl)c(F)c3)CC2)c(=O)c2cc(F)c(Cl)cc21. The standard InChI is InChI=1S/C24H21Cl2F2N5O4/c25-18-2-1-15(7-20(18)27)37-12-14(34)10-31-3-5-33(6-4-31)30-24(36)17-11-32(13-29)22-9-19(26)21(28)8-16(22)23(17)35/h1-2,7-9,11,14,34H,3-6,10,12H2,(H,30,36). The van der Waals surface area contributed by atoms with Gasteiger partial charge in [-0.05, 0) is 24.3 Å². The molecule has 13 heteroatoms. The Morgan fingerprint density at radius 3 is 2.51 bits per heavy atom. The van der Waals surface area contributed by atoms with Gasteiger partial charge in [-0.3, -0.25) is 24.5 Å². The molecule has 2 N–H and O–H groups in total. The van der Waals surface area contributed by atoms with Gasteiger partial charge in [0, 0.05) is 45.0 Å². The molecule has 0 saturated carbocycles. The Morgan fingerprint density at radius 1 is 1.14 bits per heavy atom. The van der Waals surface area contributed by atoms with Crippen LogP contribution in [0, 0.1) is 23.1 Å². The van der Waals surface area contributed by atoms with Crippen LogP contribution in [0.25, 0.3) is 10.9 Å². The molecule has 1 atom stereocenters. The molecule has 1 fully saturated rings.